The average molecular weight is 428 g/mol. The first kappa shape index (κ1) is 16.8. The fraction of sp³-hybridized carbons (Fsp3) is 0.125. The van der Waals surface area contributed by atoms with Crippen LogP contribution in [0.1, 0.15) is 20.7 Å². The molecule has 2 rings (SSSR count). The molecule has 0 aromatic heterocycles. The Kier molecular flexibility index (Phi) is 6.22. The van der Waals surface area contributed by atoms with Gasteiger partial charge in [-0.25, -0.2) is 0 Å². The molecule has 0 aliphatic carbocycles. The number of carbonyl (C=O) groups is 2. The fourth-order valence-corrected chi connectivity index (χ4v) is 6.67. The second kappa shape index (κ2) is 8.16. The van der Waals surface area contributed by atoms with E-state index in [2.05, 4.69) is 0 Å². The van der Waals surface area contributed by atoms with Gasteiger partial charge >= 0.3 is 140 Å². The van der Waals surface area contributed by atoms with Gasteiger partial charge < -0.3 is 0 Å². The molecule has 0 aliphatic rings. The minimum atomic E-state index is -0.349. The molecule has 0 saturated carbocycles. The fourth-order valence-electron chi connectivity index (χ4n) is 1.63. The van der Waals surface area contributed by atoms with E-state index < -0.39 is 0 Å². The predicted octanol–water partition coefficient (Wildman–Crippen LogP) is 2.01. The first-order chi connectivity index (χ1) is 10.6. The van der Waals surface area contributed by atoms with E-state index in [-0.39, 0.29) is 35.6 Å². The molecule has 0 atom stereocenters. The standard InChI is InChI=1S/C16H14O4Se2/c1-19-13-7-3-11(4-8-13)15(17)21-22-16(18)12-5-9-14(20-2)10-6-12/h3-10H,1-2H3. The summed E-state index contributed by atoms with van der Waals surface area (Å²) < 4.78 is 10.2. The van der Waals surface area contributed by atoms with E-state index in [1.807, 2.05) is 0 Å². The van der Waals surface area contributed by atoms with Crippen molar-refractivity contribution >= 4 is 35.6 Å². The summed E-state index contributed by atoms with van der Waals surface area (Å²) in [5.74, 6) is 1.42. The van der Waals surface area contributed by atoms with Gasteiger partial charge in [-0.1, -0.05) is 0 Å². The van der Waals surface area contributed by atoms with E-state index in [1.54, 1.807) is 62.8 Å². The molecule has 4 nitrogen and oxygen atoms in total. The van der Waals surface area contributed by atoms with E-state index in [9.17, 15) is 9.59 Å². The number of hydrogen-bond acceptors (Lipinski definition) is 4. The first-order valence-electron chi connectivity index (χ1n) is 6.35. The SMILES string of the molecule is COc1ccc(C(=O)[Se][Se]C(=O)c2ccc(OC)cc2)cc1. The molecule has 2 aromatic rings. The van der Waals surface area contributed by atoms with Gasteiger partial charge in [-0.15, -0.1) is 0 Å². The van der Waals surface area contributed by atoms with E-state index in [1.165, 1.54) is 0 Å². The zero-order valence-electron chi connectivity index (χ0n) is 12.1. The van der Waals surface area contributed by atoms with E-state index in [0.717, 1.165) is 0 Å². The number of carbonyl (C=O) groups excluding carboxylic acids is 2. The van der Waals surface area contributed by atoms with Crippen molar-refractivity contribution < 1.29 is 19.1 Å². The Balaban J connectivity index is 1.92. The van der Waals surface area contributed by atoms with E-state index in [4.69, 9.17) is 9.47 Å². The first-order valence-corrected chi connectivity index (χ1v) is 12.4. The Bertz CT molecular complexity index is 591. The molecule has 0 amide bonds. The number of methoxy groups -OCH3 is 2. The van der Waals surface area contributed by atoms with Gasteiger partial charge in [0.1, 0.15) is 0 Å². The Labute approximate surface area is 140 Å². The molecule has 22 heavy (non-hydrogen) atoms. The van der Waals surface area contributed by atoms with Crippen LogP contribution in [0, 0.1) is 0 Å². The third-order valence-corrected chi connectivity index (χ3v) is 8.85. The molecule has 0 radical (unpaired) electrons. The second-order valence-corrected chi connectivity index (χ2v) is 10.1. The third kappa shape index (κ3) is 4.45. The third-order valence-electron chi connectivity index (χ3n) is 2.84. The van der Waals surface area contributed by atoms with Crippen LogP contribution >= 0.6 is 0 Å². The molecule has 0 spiro atoms. The zero-order valence-corrected chi connectivity index (χ0v) is 15.5. The van der Waals surface area contributed by atoms with Crippen molar-refractivity contribution in [2.45, 2.75) is 0 Å². The zero-order chi connectivity index (χ0) is 15.9. The van der Waals surface area contributed by atoms with Crippen LogP contribution in [0.25, 0.3) is 0 Å². The van der Waals surface area contributed by atoms with Gasteiger partial charge in [-0.2, -0.15) is 0 Å². The van der Waals surface area contributed by atoms with Crippen molar-refractivity contribution in [3.8, 4) is 11.5 Å². The quantitative estimate of drug-likeness (QED) is 0.634. The van der Waals surface area contributed by atoms with Crippen LogP contribution in [-0.2, 0) is 0 Å². The Morgan fingerprint density at radius 3 is 1.27 bits per heavy atom. The van der Waals surface area contributed by atoms with Crippen LogP contribution in [0.3, 0.4) is 0 Å². The summed E-state index contributed by atoms with van der Waals surface area (Å²) in [5, 5.41) is 0. The van der Waals surface area contributed by atoms with Crippen molar-refractivity contribution in [1.82, 2.24) is 0 Å². The molecular formula is C16H14O4Se2. The Hall–Kier alpha value is -1.58. The minimum absolute atomic E-state index is 0.0389. The molecule has 0 bridgehead atoms. The Morgan fingerprint density at radius 2 is 1.00 bits per heavy atom. The molecule has 0 saturated heterocycles. The van der Waals surface area contributed by atoms with Gasteiger partial charge in [0.2, 0.25) is 0 Å². The monoisotopic (exact) mass is 430 g/mol. The molecule has 0 aliphatic heterocycles. The van der Waals surface area contributed by atoms with Crippen molar-refractivity contribution in [2.24, 2.45) is 0 Å². The number of ether oxygens (including phenoxy) is 2. The summed E-state index contributed by atoms with van der Waals surface area (Å²) >= 11 is -0.697. The number of hydrogen-bond donors (Lipinski definition) is 0. The number of benzene rings is 2. The van der Waals surface area contributed by atoms with Crippen molar-refractivity contribution in [3.63, 3.8) is 0 Å². The average Bonchev–Trinajstić information content (AvgIpc) is 2.59. The molecular weight excluding hydrogens is 414 g/mol. The van der Waals surface area contributed by atoms with Crippen LogP contribution in [0.2, 0.25) is 0 Å². The Morgan fingerprint density at radius 1 is 0.682 bits per heavy atom. The van der Waals surface area contributed by atoms with E-state index >= 15 is 0 Å². The summed E-state index contributed by atoms with van der Waals surface area (Å²) in [6.45, 7) is 0. The molecule has 0 N–H and O–H groups in total. The van der Waals surface area contributed by atoms with Crippen LogP contribution < -0.4 is 9.47 Å². The van der Waals surface area contributed by atoms with Crippen molar-refractivity contribution in [1.29, 1.82) is 0 Å². The molecule has 6 heteroatoms. The molecule has 114 valence electrons. The van der Waals surface area contributed by atoms with Crippen LogP contribution in [-0.4, -0.2) is 49.8 Å². The summed E-state index contributed by atoms with van der Waals surface area (Å²) in [6, 6.07) is 13.9. The molecule has 0 unspecified atom stereocenters. The van der Waals surface area contributed by atoms with Crippen LogP contribution in [0.15, 0.2) is 48.5 Å². The second-order valence-electron chi connectivity index (χ2n) is 4.20. The van der Waals surface area contributed by atoms with Gasteiger partial charge in [-0.05, 0) is 0 Å². The summed E-state index contributed by atoms with van der Waals surface area (Å²) in [4.78, 5) is 24.2. The maximum absolute atomic E-state index is 12.1. The van der Waals surface area contributed by atoms with Crippen LogP contribution in [0.5, 0.6) is 11.5 Å². The molecule has 0 heterocycles. The van der Waals surface area contributed by atoms with Gasteiger partial charge in [0.05, 0.1) is 0 Å². The van der Waals surface area contributed by atoms with Gasteiger partial charge in [0.25, 0.3) is 0 Å². The summed E-state index contributed by atoms with van der Waals surface area (Å²) in [5.41, 5.74) is 1.26. The van der Waals surface area contributed by atoms with Gasteiger partial charge in [0.15, 0.2) is 0 Å². The van der Waals surface area contributed by atoms with Crippen molar-refractivity contribution in [3.05, 3.63) is 59.7 Å². The van der Waals surface area contributed by atoms with E-state index in [0.29, 0.717) is 22.6 Å². The number of rotatable bonds is 7. The maximum atomic E-state index is 12.1. The van der Waals surface area contributed by atoms with Gasteiger partial charge in [-0.3, -0.25) is 0 Å². The molecule has 0 fully saturated rings. The summed E-state index contributed by atoms with van der Waals surface area (Å²) in [6.07, 6.45) is 0. The topological polar surface area (TPSA) is 52.6 Å². The summed E-state index contributed by atoms with van der Waals surface area (Å²) in [7, 11) is 3.16. The normalized spacial score (nSPS) is 10.1. The van der Waals surface area contributed by atoms with Gasteiger partial charge in [0, 0.05) is 0 Å². The molecule has 2 aromatic carbocycles. The van der Waals surface area contributed by atoms with Crippen molar-refractivity contribution in [2.75, 3.05) is 14.2 Å². The predicted molar refractivity (Wildman–Crippen MR) is 86.2 cm³/mol. The van der Waals surface area contributed by atoms with Crippen LogP contribution in [0.4, 0.5) is 0 Å².